The van der Waals surface area contributed by atoms with Crippen molar-refractivity contribution < 1.29 is 18.3 Å². The lowest BCUT2D eigenvalue weighted by Gasteiger charge is -2.26. The molecule has 7 heteroatoms. The van der Waals surface area contributed by atoms with Gasteiger partial charge in [0.05, 0.1) is 17.0 Å². The van der Waals surface area contributed by atoms with Gasteiger partial charge < -0.3 is 15.3 Å². The predicted octanol–water partition coefficient (Wildman–Crippen LogP) is -0.505. The molecule has 1 fully saturated rings. The van der Waals surface area contributed by atoms with Crippen molar-refractivity contribution in [3.05, 3.63) is 29.8 Å². The van der Waals surface area contributed by atoms with Gasteiger partial charge in [-0.2, -0.15) is 0 Å². The molecule has 1 aromatic rings. The summed E-state index contributed by atoms with van der Waals surface area (Å²) in [6, 6.07) is 5.63. The molecule has 20 heavy (non-hydrogen) atoms. The van der Waals surface area contributed by atoms with E-state index in [4.69, 9.17) is 0 Å². The number of hydrogen-bond acceptors (Lipinski definition) is 5. The fourth-order valence-corrected chi connectivity index (χ4v) is 2.93. The molecule has 0 unspecified atom stereocenters. The normalized spacial score (nSPS) is 22.8. The fraction of sp³-hybridized carbons (Fsp3) is 0.462. The van der Waals surface area contributed by atoms with Gasteiger partial charge in [-0.3, -0.25) is 4.79 Å². The van der Waals surface area contributed by atoms with Gasteiger partial charge in [-0.25, -0.2) is 8.42 Å². The maximum absolute atomic E-state index is 12.3. The fourth-order valence-electron chi connectivity index (χ4n) is 2.26. The molecule has 2 N–H and O–H groups in total. The number of β-amino-alcohol motifs (C(OH)–C–C–N with tert-alkyl or cyclic N) is 1. The van der Waals surface area contributed by atoms with Crippen molar-refractivity contribution in [1.82, 2.24) is 10.2 Å². The zero-order valence-electron chi connectivity index (χ0n) is 11.4. The van der Waals surface area contributed by atoms with Gasteiger partial charge in [-0.05, 0) is 18.2 Å². The second-order valence-electron chi connectivity index (χ2n) is 5.01. The van der Waals surface area contributed by atoms with Crippen LogP contribution in [-0.4, -0.2) is 62.9 Å². The number of nitrogens with zero attached hydrogens (tertiary/aromatic N) is 1. The number of carbonyl (C=O) groups excluding carboxylic acids is 1. The third-order valence-corrected chi connectivity index (χ3v) is 4.59. The summed E-state index contributed by atoms with van der Waals surface area (Å²) in [6.07, 6.45) is 0.493. The predicted molar refractivity (Wildman–Crippen MR) is 74.3 cm³/mol. The highest BCUT2D eigenvalue weighted by Crippen LogP contribution is 2.15. The minimum atomic E-state index is -3.35. The van der Waals surface area contributed by atoms with Crippen LogP contribution in [0.25, 0.3) is 0 Å². The van der Waals surface area contributed by atoms with Crippen LogP contribution in [0.2, 0.25) is 0 Å². The monoisotopic (exact) mass is 298 g/mol. The summed E-state index contributed by atoms with van der Waals surface area (Å²) < 4.78 is 23.0. The standard InChI is InChI=1S/C13H18N2O4S/c1-15(11-7-14-8-12(11)16)13(17)9-4-3-5-10(6-9)20(2,18)19/h3-6,11-12,14,16H,7-8H2,1-2H3/t11-,12-/m0/s1. The van der Waals surface area contributed by atoms with E-state index in [1.165, 1.54) is 17.0 Å². The van der Waals surface area contributed by atoms with E-state index in [1.807, 2.05) is 0 Å². The van der Waals surface area contributed by atoms with Crippen LogP contribution < -0.4 is 5.32 Å². The first kappa shape index (κ1) is 15.0. The van der Waals surface area contributed by atoms with Crippen LogP contribution in [0, 0.1) is 0 Å². The van der Waals surface area contributed by atoms with Gasteiger partial charge in [-0.1, -0.05) is 6.07 Å². The van der Waals surface area contributed by atoms with Crippen molar-refractivity contribution in [2.24, 2.45) is 0 Å². The van der Waals surface area contributed by atoms with Gasteiger partial charge in [0.15, 0.2) is 9.84 Å². The largest absolute Gasteiger partial charge is 0.390 e. The lowest BCUT2D eigenvalue weighted by atomic mass is 10.1. The van der Waals surface area contributed by atoms with Crippen molar-refractivity contribution in [3.63, 3.8) is 0 Å². The Hall–Kier alpha value is -1.44. The summed E-state index contributed by atoms with van der Waals surface area (Å²) >= 11 is 0. The molecule has 2 rings (SSSR count). The van der Waals surface area contributed by atoms with Crippen LogP contribution in [0.1, 0.15) is 10.4 Å². The third-order valence-electron chi connectivity index (χ3n) is 3.48. The number of benzene rings is 1. The molecular weight excluding hydrogens is 280 g/mol. The summed E-state index contributed by atoms with van der Waals surface area (Å²) in [5.41, 5.74) is 0.300. The lowest BCUT2D eigenvalue weighted by molar-refractivity contribution is 0.0581. The van der Waals surface area contributed by atoms with E-state index >= 15 is 0 Å². The van der Waals surface area contributed by atoms with Crippen LogP contribution in [0.4, 0.5) is 0 Å². The van der Waals surface area contributed by atoms with Crippen LogP contribution >= 0.6 is 0 Å². The maximum Gasteiger partial charge on any atom is 0.254 e. The topological polar surface area (TPSA) is 86.7 Å². The highest BCUT2D eigenvalue weighted by molar-refractivity contribution is 7.90. The van der Waals surface area contributed by atoms with E-state index in [0.29, 0.717) is 18.7 Å². The zero-order valence-corrected chi connectivity index (χ0v) is 12.2. The van der Waals surface area contributed by atoms with E-state index in [-0.39, 0.29) is 16.8 Å². The summed E-state index contributed by atoms with van der Waals surface area (Å²) in [5, 5.41) is 12.8. The lowest BCUT2D eigenvalue weighted by Crippen LogP contribution is -2.44. The Labute approximate surface area is 118 Å². The van der Waals surface area contributed by atoms with E-state index in [2.05, 4.69) is 5.32 Å². The number of aliphatic hydroxyl groups is 1. The first-order valence-corrected chi connectivity index (χ1v) is 8.16. The van der Waals surface area contributed by atoms with Gasteiger partial charge in [0.2, 0.25) is 0 Å². The molecule has 0 aliphatic carbocycles. The number of nitrogens with one attached hydrogen (secondary N) is 1. The molecule has 110 valence electrons. The molecule has 0 bridgehead atoms. The molecule has 0 saturated carbocycles. The third kappa shape index (κ3) is 3.00. The summed E-state index contributed by atoms with van der Waals surface area (Å²) in [7, 11) is -1.74. The molecular formula is C13H18N2O4S. The summed E-state index contributed by atoms with van der Waals surface area (Å²) in [5.74, 6) is -0.303. The van der Waals surface area contributed by atoms with Gasteiger partial charge in [0.1, 0.15) is 0 Å². The molecule has 2 atom stereocenters. The van der Waals surface area contributed by atoms with Crippen molar-refractivity contribution >= 4 is 15.7 Å². The smallest absolute Gasteiger partial charge is 0.254 e. The van der Waals surface area contributed by atoms with Crippen molar-refractivity contribution in [3.8, 4) is 0 Å². The number of rotatable bonds is 3. The first-order valence-electron chi connectivity index (χ1n) is 6.27. The Bertz CT molecular complexity index is 615. The number of amides is 1. The SMILES string of the molecule is CN(C(=O)c1cccc(S(C)(=O)=O)c1)[C@H]1CNC[C@@H]1O. The van der Waals surface area contributed by atoms with Gasteiger partial charge >= 0.3 is 0 Å². The summed E-state index contributed by atoms with van der Waals surface area (Å²) in [4.78, 5) is 13.9. The Morgan fingerprint density at radius 2 is 2.10 bits per heavy atom. The number of aliphatic hydroxyl groups excluding tert-OH is 1. The number of hydrogen-bond donors (Lipinski definition) is 2. The maximum atomic E-state index is 12.3. The second-order valence-corrected chi connectivity index (χ2v) is 7.02. The van der Waals surface area contributed by atoms with Crippen LogP contribution in [0.3, 0.4) is 0 Å². The Kier molecular flexibility index (Phi) is 4.12. The zero-order chi connectivity index (χ0) is 14.9. The van der Waals surface area contributed by atoms with Crippen molar-refractivity contribution in [1.29, 1.82) is 0 Å². The highest BCUT2D eigenvalue weighted by Gasteiger charge is 2.31. The first-order chi connectivity index (χ1) is 9.30. The Balaban J connectivity index is 2.25. The average Bonchev–Trinajstić information content (AvgIpc) is 2.82. The van der Waals surface area contributed by atoms with Gasteiger partial charge in [0.25, 0.3) is 5.91 Å². The van der Waals surface area contributed by atoms with Crippen molar-refractivity contribution in [2.75, 3.05) is 26.4 Å². The molecule has 1 aliphatic rings. The molecule has 6 nitrogen and oxygen atoms in total. The van der Waals surface area contributed by atoms with Crippen LogP contribution in [0.15, 0.2) is 29.2 Å². The Morgan fingerprint density at radius 1 is 1.40 bits per heavy atom. The number of sulfone groups is 1. The number of carbonyl (C=O) groups is 1. The summed E-state index contributed by atoms with van der Waals surface area (Å²) in [6.45, 7) is 0.973. The van der Waals surface area contributed by atoms with Gasteiger partial charge in [-0.15, -0.1) is 0 Å². The van der Waals surface area contributed by atoms with Crippen molar-refractivity contribution in [2.45, 2.75) is 17.0 Å². The molecule has 1 saturated heterocycles. The molecule has 1 heterocycles. The van der Waals surface area contributed by atoms with E-state index in [0.717, 1.165) is 6.26 Å². The quantitative estimate of drug-likeness (QED) is 0.785. The highest BCUT2D eigenvalue weighted by atomic mass is 32.2. The molecule has 1 aliphatic heterocycles. The molecule has 0 spiro atoms. The van der Waals surface area contributed by atoms with Gasteiger partial charge in [0, 0.05) is 32.0 Å². The molecule has 1 aromatic carbocycles. The molecule has 1 amide bonds. The average molecular weight is 298 g/mol. The number of likely N-dealkylation sites (N-methyl/N-ethyl adjacent to an activating group) is 1. The van der Waals surface area contributed by atoms with E-state index in [9.17, 15) is 18.3 Å². The minimum Gasteiger partial charge on any atom is -0.390 e. The van der Waals surface area contributed by atoms with E-state index in [1.54, 1.807) is 19.2 Å². The van der Waals surface area contributed by atoms with Crippen LogP contribution in [0.5, 0.6) is 0 Å². The Morgan fingerprint density at radius 3 is 2.65 bits per heavy atom. The van der Waals surface area contributed by atoms with Crippen LogP contribution in [-0.2, 0) is 9.84 Å². The minimum absolute atomic E-state index is 0.113. The molecule has 0 aromatic heterocycles. The molecule has 0 radical (unpaired) electrons. The second kappa shape index (κ2) is 5.51. The van der Waals surface area contributed by atoms with E-state index < -0.39 is 15.9 Å².